The number of hydroxylamine groups is 2. The van der Waals surface area contributed by atoms with Crippen LogP contribution in [0.5, 0.6) is 0 Å². The van der Waals surface area contributed by atoms with E-state index in [4.69, 9.17) is 5.14 Å². The maximum atomic E-state index is 12.2. The molecular weight excluding hydrogens is 341 g/mol. The Morgan fingerprint density at radius 1 is 1.52 bits per heavy atom. The van der Waals surface area contributed by atoms with Gasteiger partial charge in [-0.1, -0.05) is 0 Å². The number of hydrogen-bond donors (Lipinski definition) is 1. The zero-order valence-electron chi connectivity index (χ0n) is 12.2. The molecule has 130 valence electrons. The van der Waals surface area contributed by atoms with Crippen molar-refractivity contribution in [1.82, 2.24) is 14.8 Å². The molecular formula is C11H15F3N4O4S. The number of carbonyl (C=O) groups excluding carboxylic acids is 1. The summed E-state index contributed by atoms with van der Waals surface area (Å²) in [5.74, 6) is -2.36. The van der Waals surface area contributed by atoms with Crippen molar-refractivity contribution in [1.29, 1.82) is 0 Å². The van der Waals surface area contributed by atoms with Crippen LogP contribution in [0.3, 0.4) is 0 Å². The van der Waals surface area contributed by atoms with Crippen molar-refractivity contribution in [2.45, 2.75) is 43.1 Å². The predicted octanol–water partition coefficient (Wildman–Crippen LogP) is 0.879. The Balaban J connectivity index is 2.26. The summed E-state index contributed by atoms with van der Waals surface area (Å²) in [6, 6.07) is 0.260. The van der Waals surface area contributed by atoms with E-state index in [2.05, 4.69) is 9.94 Å². The Morgan fingerprint density at radius 2 is 2.09 bits per heavy atom. The Kier molecular flexibility index (Phi) is 4.43. The van der Waals surface area contributed by atoms with Crippen molar-refractivity contribution in [2.75, 3.05) is 7.05 Å². The molecule has 0 aliphatic heterocycles. The molecule has 0 amide bonds. The van der Waals surface area contributed by atoms with Gasteiger partial charge in [0, 0.05) is 13.1 Å². The van der Waals surface area contributed by atoms with Crippen LogP contribution < -0.4 is 5.14 Å². The second-order valence-corrected chi connectivity index (χ2v) is 6.74. The van der Waals surface area contributed by atoms with E-state index < -0.39 is 28.2 Å². The zero-order valence-corrected chi connectivity index (χ0v) is 13.1. The van der Waals surface area contributed by atoms with Crippen molar-refractivity contribution < 1.29 is 31.2 Å². The molecule has 2 rings (SSSR count). The Morgan fingerprint density at radius 3 is 2.52 bits per heavy atom. The molecule has 1 fully saturated rings. The quantitative estimate of drug-likeness (QED) is 0.785. The van der Waals surface area contributed by atoms with Crippen LogP contribution in [0.2, 0.25) is 0 Å². The normalized spacial score (nSPS) is 17.3. The first-order chi connectivity index (χ1) is 10.4. The highest BCUT2D eigenvalue weighted by Crippen LogP contribution is 2.38. The van der Waals surface area contributed by atoms with E-state index >= 15 is 0 Å². The summed E-state index contributed by atoms with van der Waals surface area (Å²) in [6.07, 6.45) is -3.61. The summed E-state index contributed by atoms with van der Waals surface area (Å²) in [4.78, 5) is 15.1. The van der Waals surface area contributed by atoms with Gasteiger partial charge >= 0.3 is 12.1 Å². The summed E-state index contributed by atoms with van der Waals surface area (Å²) >= 11 is 0. The monoisotopic (exact) mass is 356 g/mol. The van der Waals surface area contributed by atoms with E-state index in [1.54, 1.807) is 0 Å². The fourth-order valence-electron chi connectivity index (χ4n) is 1.90. The lowest BCUT2D eigenvalue weighted by atomic mass is 10.2. The van der Waals surface area contributed by atoms with Crippen molar-refractivity contribution >= 4 is 16.0 Å². The minimum Gasteiger partial charge on any atom is -0.360 e. The molecule has 0 aromatic carbocycles. The fraction of sp³-hybridized carbons (Fsp3) is 0.636. The second kappa shape index (κ2) is 5.76. The molecule has 1 aliphatic rings. The molecule has 1 unspecified atom stereocenters. The van der Waals surface area contributed by atoms with Crippen LogP contribution in [-0.4, -0.2) is 42.5 Å². The summed E-state index contributed by atoms with van der Waals surface area (Å²) in [7, 11) is -2.92. The number of nitrogens with zero attached hydrogens (tertiary/aromatic N) is 3. The fourth-order valence-corrected chi connectivity index (χ4v) is 2.38. The highest BCUT2D eigenvalue weighted by molar-refractivity contribution is 7.89. The zero-order chi connectivity index (χ0) is 17.6. The minimum absolute atomic E-state index is 0.0466. The first-order valence-electron chi connectivity index (χ1n) is 6.55. The maximum Gasteiger partial charge on any atom is 0.492 e. The Bertz CT molecular complexity index is 711. The Hall–Kier alpha value is -1.66. The van der Waals surface area contributed by atoms with Crippen LogP contribution >= 0.6 is 0 Å². The van der Waals surface area contributed by atoms with Crippen LogP contribution in [-0.2, 0) is 19.7 Å². The SMILES string of the molecule is CC(c1cc(S(N)(=O)=O)nn1C1CC1)N(C)OC(=O)C(F)(F)F. The summed E-state index contributed by atoms with van der Waals surface area (Å²) < 4.78 is 60.9. The molecule has 0 radical (unpaired) electrons. The van der Waals surface area contributed by atoms with Crippen LogP contribution in [0.1, 0.15) is 37.5 Å². The van der Waals surface area contributed by atoms with Crippen molar-refractivity contribution in [3.05, 3.63) is 11.8 Å². The smallest absolute Gasteiger partial charge is 0.360 e. The lowest BCUT2D eigenvalue weighted by Crippen LogP contribution is -2.34. The molecule has 0 bridgehead atoms. The van der Waals surface area contributed by atoms with Gasteiger partial charge in [-0.2, -0.15) is 18.3 Å². The number of halogens is 3. The molecule has 8 nitrogen and oxygen atoms in total. The number of alkyl halides is 3. The van der Waals surface area contributed by atoms with E-state index in [1.807, 2.05) is 0 Å². The van der Waals surface area contributed by atoms with Crippen LogP contribution in [0.15, 0.2) is 11.1 Å². The second-order valence-electron chi connectivity index (χ2n) is 5.23. The molecule has 1 heterocycles. The molecule has 1 saturated carbocycles. The van der Waals surface area contributed by atoms with Gasteiger partial charge in [0.15, 0.2) is 5.03 Å². The topological polar surface area (TPSA) is 108 Å². The van der Waals surface area contributed by atoms with Gasteiger partial charge in [0.25, 0.3) is 10.0 Å². The molecule has 12 heteroatoms. The standard InChI is InChI=1S/C11H15F3N4O4S/c1-6(17(2)22-10(19)11(12,13)14)8-5-9(23(15,20)21)16-18(8)7-3-4-7/h5-7H,3-4H2,1-2H3,(H2,15,20,21). The van der Waals surface area contributed by atoms with Crippen molar-refractivity contribution in [2.24, 2.45) is 5.14 Å². The van der Waals surface area contributed by atoms with E-state index in [-0.39, 0.29) is 16.8 Å². The highest BCUT2D eigenvalue weighted by Gasteiger charge is 2.43. The maximum absolute atomic E-state index is 12.2. The van der Waals surface area contributed by atoms with E-state index in [0.717, 1.165) is 26.0 Å². The number of sulfonamides is 1. The molecule has 1 aromatic rings. The molecule has 23 heavy (non-hydrogen) atoms. The minimum atomic E-state index is -5.13. The van der Waals surface area contributed by atoms with E-state index in [1.165, 1.54) is 11.6 Å². The van der Waals surface area contributed by atoms with Gasteiger partial charge in [0.2, 0.25) is 0 Å². The van der Waals surface area contributed by atoms with Crippen LogP contribution in [0, 0.1) is 0 Å². The number of hydrogen-bond acceptors (Lipinski definition) is 6. The third-order valence-electron chi connectivity index (χ3n) is 3.36. The van der Waals surface area contributed by atoms with Gasteiger partial charge in [0.1, 0.15) is 0 Å². The average molecular weight is 356 g/mol. The Labute approximate surface area is 130 Å². The summed E-state index contributed by atoms with van der Waals surface area (Å²) in [6.45, 7) is 1.45. The van der Waals surface area contributed by atoms with Gasteiger partial charge < -0.3 is 4.84 Å². The van der Waals surface area contributed by atoms with Crippen LogP contribution in [0.25, 0.3) is 0 Å². The number of carbonyl (C=O) groups is 1. The molecule has 2 N–H and O–H groups in total. The summed E-state index contributed by atoms with van der Waals surface area (Å²) in [5.41, 5.74) is 0.286. The lowest BCUT2D eigenvalue weighted by molar-refractivity contribution is -0.240. The van der Waals surface area contributed by atoms with Gasteiger partial charge in [-0.25, -0.2) is 18.4 Å². The molecule has 0 spiro atoms. The first-order valence-corrected chi connectivity index (χ1v) is 8.10. The number of aromatic nitrogens is 2. The van der Waals surface area contributed by atoms with Gasteiger partial charge in [-0.3, -0.25) is 4.68 Å². The third kappa shape index (κ3) is 4.00. The first kappa shape index (κ1) is 17.7. The van der Waals surface area contributed by atoms with E-state index in [9.17, 15) is 26.4 Å². The number of primary sulfonamides is 1. The predicted molar refractivity (Wildman–Crippen MR) is 70.2 cm³/mol. The largest absolute Gasteiger partial charge is 0.492 e. The number of rotatable bonds is 5. The average Bonchev–Trinajstić information content (AvgIpc) is 3.13. The van der Waals surface area contributed by atoms with Gasteiger partial charge in [0.05, 0.1) is 17.8 Å². The van der Waals surface area contributed by atoms with Crippen molar-refractivity contribution in [3.63, 3.8) is 0 Å². The molecule has 1 atom stereocenters. The van der Waals surface area contributed by atoms with Gasteiger partial charge in [-0.15, -0.1) is 5.06 Å². The molecule has 1 aromatic heterocycles. The molecule has 1 aliphatic carbocycles. The highest BCUT2D eigenvalue weighted by atomic mass is 32.2. The third-order valence-corrected chi connectivity index (χ3v) is 4.14. The summed E-state index contributed by atoms with van der Waals surface area (Å²) in [5, 5.41) is 9.22. The van der Waals surface area contributed by atoms with E-state index in [0.29, 0.717) is 5.06 Å². The van der Waals surface area contributed by atoms with Crippen molar-refractivity contribution in [3.8, 4) is 0 Å². The van der Waals surface area contributed by atoms with Gasteiger partial charge in [-0.05, 0) is 19.8 Å². The molecule has 0 saturated heterocycles. The lowest BCUT2D eigenvalue weighted by Gasteiger charge is -2.24. The van der Waals surface area contributed by atoms with Crippen LogP contribution in [0.4, 0.5) is 13.2 Å². The number of nitrogens with two attached hydrogens (primary N) is 1.